The van der Waals surface area contributed by atoms with Crippen molar-refractivity contribution in [2.75, 3.05) is 31.7 Å². The number of fused-ring (bicyclic) bond motifs is 1. The van der Waals surface area contributed by atoms with Crippen molar-refractivity contribution in [1.82, 2.24) is 15.3 Å². The fourth-order valence-corrected chi connectivity index (χ4v) is 3.75. The molecule has 34 heavy (non-hydrogen) atoms. The maximum absolute atomic E-state index is 12.9. The average Bonchev–Trinajstić information content (AvgIpc) is 3.67. The second kappa shape index (κ2) is 10.4. The minimum atomic E-state index is -4.42. The van der Waals surface area contributed by atoms with Crippen LogP contribution in [0.1, 0.15) is 42.1 Å². The first-order valence-corrected chi connectivity index (χ1v) is 11.3. The third kappa shape index (κ3) is 6.02. The largest absolute Gasteiger partial charge is 0.416 e. The fraction of sp³-hybridized carbons (Fsp3) is 0.400. The van der Waals surface area contributed by atoms with Crippen LogP contribution in [0.2, 0.25) is 0 Å². The molecule has 180 valence electrons. The van der Waals surface area contributed by atoms with Crippen LogP contribution >= 0.6 is 0 Å². The van der Waals surface area contributed by atoms with E-state index in [2.05, 4.69) is 5.32 Å². The number of ether oxygens (including phenoxy) is 1. The molecule has 1 amide bonds. The van der Waals surface area contributed by atoms with Gasteiger partial charge in [-0.2, -0.15) is 13.2 Å². The summed E-state index contributed by atoms with van der Waals surface area (Å²) >= 11 is 0. The summed E-state index contributed by atoms with van der Waals surface area (Å²) < 4.78 is 44.0. The highest BCUT2D eigenvalue weighted by molar-refractivity contribution is 5.90. The summed E-state index contributed by atoms with van der Waals surface area (Å²) in [5, 5.41) is 3.63. The molecule has 0 radical (unpaired) electrons. The SMILES string of the molecule is COCCN(CCC(=O)NCc1cccc(C(F)(F)F)c1)c1nc(C2CC2)nc2ccccc12. The Morgan fingerprint density at radius 2 is 1.91 bits per heavy atom. The Balaban J connectivity index is 1.45. The first-order valence-electron chi connectivity index (χ1n) is 11.3. The predicted octanol–water partition coefficient (Wildman–Crippen LogP) is 4.69. The number of para-hydroxylation sites is 1. The number of benzene rings is 2. The van der Waals surface area contributed by atoms with Crippen molar-refractivity contribution >= 4 is 22.6 Å². The first-order chi connectivity index (χ1) is 16.3. The number of halogens is 3. The Morgan fingerprint density at radius 1 is 1.12 bits per heavy atom. The number of rotatable bonds is 10. The van der Waals surface area contributed by atoms with Crippen molar-refractivity contribution in [3.63, 3.8) is 0 Å². The molecule has 1 aliphatic rings. The van der Waals surface area contributed by atoms with Gasteiger partial charge in [0.05, 0.1) is 17.7 Å². The lowest BCUT2D eigenvalue weighted by molar-refractivity contribution is -0.137. The van der Waals surface area contributed by atoms with E-state index in [9.17, 15) is 18.0 Å². The molecule has 0 bridgehead atoms. The molecular formula is C25H27F3N4O2. The molecule has 0 aliphatic heterocycles. The minimum absolute atomic E-state index is 0.0308. The number of nitrogens with zero attached hydrogens (tertiary/aromatic N) is 3. The van der Waals surface area contributed by atoms with Gasteiger partial charge in [-0.3, -0.25) is 4.79 Å². The molecule has 9 heteroatoms. The van der Waals surface area contributed by atoms with Crippen LogP contribution in [-0.2, 0) is 22.3 Å². The molecule has 1 saturated carbocycles. The molecule has 1 heterocycles. The second-order valence-electron chi connectivity index (χ2n) is 8.40. The standard InChI is InChI=1S/C25H27F3N4O2/c1-34-14-13-32(24-20-7-2-3-8-21(20)30-23(31-24)18-9-10-18)12-11-22(33)29-16-17-5-4-6-19(15-17)25(26,27)28/h2-8,15,18H,9-14,16H2,1H3,(H,29,33). The summed E-state index contributed by atoms with van der Waals surface area (Å²) in [7, 11) is 1.62. The van der Waals surface area contributed by atoms with E-state index in [0.29, 0.717) is 31.2 Å². The summed E-state index contributed by atoms with van der Waals surface area (Å²) in [4.78, 5) is 24.1. The van der Waals surface area contributed by atoms with Gasteiger partial charge in [0.1, 0.15) is 11.6 Å². The third-order valence-corrected chi connectivity index (χ3v) is 5.76. The molecule has 1 N–H and O–H groups in total. The zero-order valence-corrected chi connectivity index (χ0v) is 18.9. The van der Waals surface area contributed by atoms with Gasteiger partial charge in [0.15, 0.2) is 0 Å². The van der Waals surface area contributed by atoms with E-state index in [-0.39, 0.29) is 18.9 Å². The minimum Gasteiger partial charge on any atom is -0.383 e. The Morgan fingerprint density at radius 3 is 2.65 bits per heavy atom. The Kier molecular flexibility index (Phi) is 7.31. The number of aromatic nitrogens is 2. The van der Waals surface area contributed by atoms with Crippen molar-refractivity contribution in [1.29, 1.82) is 0 Å². The van der Waals surface area contributed by atoms with Gasteiger partial charge in [-0.05, 0) is 42.7 Å². The molecule has 1 aliphatic carbocycles. The summed E-state index contributed by atoms with van der Waals surface area (Å²) in [5.74, 6) is 1.73. The summed E-state index contributed by atoms with van der Waals surface area (Å²) in [5.41, 5.74) is 0.535. The zero-order valence-electron chi connectivity index (χ0n) is 18.9. The molecule has 6 nitrogen and oxygen atoms in total. The van der Waals surface area contributed by atoms with Crippen LogP contribution in [0, 0.1) is 0 Å². The van der Waals surface area contributed by atoms with Gasteiger partial charge in [-0.25, -0.2) is 9.97 Å². The molecule has 0 saturated heterocycles. The Hall–Kier alpha value is -3.20. The summed E-state index contributed by atoms with van der Waals surface area (Å²) in [6.45, 7) is 1.43. The number of carbonyl (C=O) groups is 1. The maximum Gasteiger partial charge on any atom is 0.416 e. The smallest absolute Gasteiger partial charge is 0.383 e. The number of carbonyl (C=O) groups excluding carboxylic acids is 1. The van der Waals surface area contributed by atoms with E-state index in [1.807, 2.05) is 29.2 Å². The normalized spacial score (nSPS) is 13.8. The van der Waals surface area contributed by atoms with Crippen molar-refractivity contribution < 1.29 is 22.7 Å². The zero-order chi connectivity index (χ0) is 24.1. The van der Waals surface area contributed by atoms with Crippen molar-refractivity contribution in [3.8, 4) is 0 Å². The van der Waals surface area contributed by atoms with E-state index in [1.54, 1.807) is 13.2 Å². The van der Waals surface area contributed by atoms with Gasteiger partial charge in [-0.1, -0.05) is 24.3 Å². The topological polar surface area (TPSA) is 67.3 Å². The van der Waals surface area contributed by atoms with Crippen LogP contribution in [0.5, 0.6) is 0 Å². The summed E-state index contributed by atoms with van der Waals surface area (Å²) in [6, 6.07) is 12.8. The van der Waals surface area contributed by atoms with Gasteiger partial charge in [-0.15, -0.1) is 0 Å². The Labute approximate surface area is 196 Å². The van der Waals surface area contributed by atoms with Gasteiger partial charge in [0.25, 0.3) is 0 Å². The van der Waals surface area contributed by atoms with Crippen LogP contribution in [0.25, 0.3) is 10.9 Å². The van der Waals surface area contributed by atoms with Crippen LogP contribution < -0.4 is 10.2 Å². The predicted molar refractivity (Wildman–Crippen MR) is 124 cm³/mol. The maximum atomic E-state index is 12.9. The average molecular weight is 473 g/mol. The molecular weight excluding hydrogens is 445 g/mol. The number of methoxy groups -OCH3 is 1. The summed E-state index contributed by atoms with van der Waals surface area (Å²) in [6.07, 6.45) is -2.09. The number of hydrogen-bond donors (Lipinski definition) is 1. The van der Waals surface area contributed by atoms with Gasteiger partial charge >= 0.3 is 6.18 Å². The van der Waals surface area contributed by atoms with Crippen LogP contribution in [0.3, 0.4) is 0 Å². The molecule has 4 rings (SSSR count). The lowest BCUT2D eigenvalue weighted by Crippen LogP contribution is -2.33. The van der Waals surface area contributed by atoms with E-state index >= 15 is 0 Å². The molecule has 3 aromatic rings. The van der Waals surface area contributed by atoms with E-state index in [1.165, 1.54) is 6.07 Å². The quantitative estimate of drug-likeness (QED) is 0.464. The Bertz CT molecular complexity index is 1150. The van der Waals surface area contributed by atoms with Crippen molar-refractivity contribution in [2.45, 2.75) is 37.9 Å². The number of nitrogens with one attached hydrogen (secondary N) is 1. The second-order valence-corrected chi connectivity index (χ2v) is 8.40. The number of alkyl halides is 3. The molecule has 0 unspecified atom stereocenters. The highest BCUT2D eigenvalue weighted by Gasteiger charge is 2.30. The first kappa shape index (κ1) is 23.9. The lowest BCUT2D eigenvalue weighted by atomic mass is 10.1. The lowest BCUT2D eigenvalue weighted by Gasteiger charge is -2.25. The van der Waals surface area contributed by atoms with E-state index < -0.39 is 11.7 Å². The molecule has 0 atom stereocenters. The molecule has 0 spiro atoms. The molecule has 2 aromatic carbocycles. The monoisotopic (exact) mass is 472 g/mol. The van der Waals surface area contributed by atoms with Gasteiger partial charge in [0, 0.05) is 44.5 Å². The van der Waals surface area contributed by atoms with Crippen LogP contribution in [-0.4, -0.2) is 42.7 Å². The van der Waals surface area contributed by atoms with Crippen molar-refractivity contribution in [3.05, 3.63) is 65.5 Å². The molecule has 1 fully saturated rings. The number of hydrogen-bond acceptors (Lipinski definition) is 5. The highest BCUT2D eigenvalue weighted by atomic mass is 19.4. The van der Waals surface area contributed by atoms with Gasteiger partial charge in [0.2, 0.25) is 5.91 Å². The number of anilines is 1. The van der Waals surface area contributed by atoms with E-state index in [4.69, 9.17) is 14.7 Å². The van der Waals surface area contributed by atoms with Crippen molar-refractivity contribution in [2.24, 2.45) is 0 Å². The molecule has 1 aromatic heterocycles. The third-order valence-electron chi connectivity index (χ3n) is 5.76. The fourth-order valence-electron chi connectivity index (χ4n) is 3.75. The van der Waals surface area contributed by atoms with Crippen LogP contribution in [0.15, 0.2) is 48.5 Å². The van der Waals surface area contributed by atoms with E-state index in [0.717, 1.165) is 47.5 Å². The highest BCUT2D eigenvalue weighted by Crippen LogP contribution is 2.39. The van der Waals surface area contributed by atoms with Gasteiger partial charge < -0.3 is 15.0 Å². The number of amides is 1. The van der Waals surface area contributed by atoms with Crippen LogP contribution in [0.4, 0.5) is 19.0 Å².